The SMILES string of the molecule is CO[C@]1(COc2cccc(F)c2)CCCN1C(=O)OC(C)(C)C. The summed E-state index contributed by atoms with van der Waals surface area (Å²) in [7, 11) is 1.54. The van der Waals surface area contributed by atoms with Crippen LogP contribution in [0.5, 0.6) is 5.75 Å². The first-order valence-electron chi connectivity index (χ1n) is 7.70. The van der Waals surface area contributed by atoms with E-state index in [1.54, 1.807) is 17.0 Å². The van der Waals surface area contributed by atoms with Crippen molar-refractivity contribution in [1.82, 2.24) is 4.90 Å². The summed E-state index contributed by atoms with van der Waals surface area (Å²) in [5, 5.41) is 0. The molecule has 1 aromatic carbocycles. The second-order valence-corrected chi connectivity index (χ2v) is 6.63. The molecular weight excluding hydrogens is 301 g/mol. The van der Waals surface area contributed by atoms with Gasteiger partial charge in [-0.05, 0) is 39.3 Å². The van der Waals surface area contributed by atoms with Crippen molar-refractivity contribution in [3.63, 3.8) is 0 Å². The molecule has 0 unspecified atom stereocenters. The Hall–Kier alpha value is -1.82. The molecule has 128 valence electrons. The van der Waals surface area contributed by atoms with Crippen molar-refractivity contribution in [2.24, 2.45) is 0 Å². The lowest BCUT2D eigenvalue weighted by atomic mass is 10.1. The summed E-state index contributed by atoms with van der Waals surface area (Å²) in [5.74, 6) is 0.0295. The number of benzene rings is 1. The Bertz CT molecular complexity index is 558. The monoisotopic (exact) mass is 325 g/mol. The largest absolute Gasteiger partial charge is 0.488 e. The van der Waals surface area contributed by atoms with Crippen molar-refractivity contribution < 1.29 is 23.4 Å². The van der Waals surface area contributed by atoms with Gasteiger partial charge in [-0.3, -0.25) is 4.90 Å². The maximum atomic E-state index is 13.2. The molecule has 1 saturated heterocycles. The number of amides is 1. The van der Waals surface area contributed by atoms with Gasteiger partial charge in [0, 0.05) is 26.1 Å². The maximum absolute atomic E-state index is 13.2. The zero-order valence-corrected chi connectivity index (χ0v) is 14.1. The van der Waals surface area contributed by atoms with E-state index >= 15 is 0 Å². The summed E-state index contributed by atoms with van der Waals surface area (Å²) in [6.07, 6.45) is 0.997. The third-order valence-electron chi connectivity index (χ3n) is 3.70. The van der Waals surface area contributed by atoms with Crippen LogP contribution in [-0.4, -0.2) is 42.6 Å². The normalized spacial score (nSPS) is 21.3. The minimum atomic E-state index is -0.894. The van der Waals surface area contributed by atoms with E-state index in [1.807, 2.05) is 20.8 Å². The van der Waals surface area contributed by atoms with Crippen LogP contribution in [0.3, 0.4) is 0 Å². The fraction of sp³-hybridized carbons (Fsp3) is 0.588. The Morgan fingerprint density at radius 2 is 2.13 bits per heavy atom. The van der Waals surface area contributed by atoms with Gasteiger partial charge in [-0.25, -0.2) is 9.18 Å². The number of hydrogen-bond acceptors (Lipinski definition) is 4. The lowest BCUT2D eigenvalue weighted by Gasteiger charge is -2.37. The fourth-order valence-corrected chi connectivity index (χ4v) is 2.60. The van der Waals surface area contributed by atoms with E-state index in [0.29, 0.717) is 18.7 Å². The molecule has 1 heterocycles. The smallest absolute Gasteiger partial charge is 0.412 e. The lowest BCUT2D eigenvalue weighted by molar-refractivity contribution is -0.130. The number of carbonyl (C=O) groups excluding carboxylic acids is 1. The zero-order chi connectivity index (χ0) is 17.1. The van der Waals surface area contributed by atoms with E-state index in [2.05, 4.69) is 0 Å². The van der Waals surface area contributed by atoms with Gasteiger partial charge in [0.1, 0.15) is 23.8 Å². The Balaban J connectivity index is 2.09. The Morgan fingerprint density at radius 1 is 1.39 bits per heavy atom. The van der Waals surface area contributed by atoms with Gasteiger partial charge in [-0.15, -0.1) is 0 Å². The number of methoxy groups -OCH3 is 1. The number of ether oxygens (including phenoxy) is 3. The van der Waals surface area contributed by atoms with Crippen LogP contribution in [-0.2, 0) is 9.47 Å². The van der Waals surface area contributed by atoms with Gasteiger partial charge in [0.15, 0.2) is 5.72 Å². The topological polar surface area (TPSA) is 48.0 Å². The lowest BCUT2D eigenvalue weighted by Crippen LogP contribution is -2.54. The Labute approximate surface area is 136 Å². The molecule has 5 nitrogen and oxygen atoms in total. The van der Waals surface area contributed by atoms with E-state index in [0.717, 1.165) is 6.42 Å². The predicted molar refractivity (Wildman–Crippen MR) is 83.8 cm³/mol. The van der Waals surface area contributed by atoms with E-state index in [1.165, 1.54) is 19.2 Å². The van der Waals surface area contributed by atoms with Gasteiger partial charge in [-0.2, -0.15) is 0 Å². The number of carbonyl (C=O) groups is 1. The average Bonchev–Trinajstić information content (AvgIpc) is 2.88. The van der Waals surface area contributed by atoms with Crippen molar-refractivity contribution >= 4 is 6.09 Å². The van der Waals surface area contributed by atoms with Crippen molar-refractivity contribution in [3.8, 4) is 5.75 Å². The molecule has 0 radical (unpaired) electrons. The second kappa shape index (κ2) is 6.74. The first-order valence-corrected chi connectivity index (χ1v) is 7.70. The number of likely N-dealkylation sites (tertiary alicyclic amines) is 1. The molecule has 1 aliphatic heterocycles. The van der Waals surface area contributed by atoms with E-state index in [4.69, 9.17) is 14.2 Å². The van der Waals surface area contributed by atoms with Crippen LogP contribution in [0.2, 0.25) is 0 Å². The molecular formula is C17H24FNO4. The van der Waals surface area contributed by atoms with E-state index in [-0.39, 0.29) is 12.4 Å². The summed E-state index contributed by atoms with van der Waals surface area (Å²) in [4.78, 5) is 14.0. The summed E-state index contributed by atoms with van der Waals surface area (Å²) >= 11 is 0. The van der Waals surface area contributed by atoms with Gasteiger partial charge in [0.2, 0.25) is 0 Å². The molecule has 6 heteroatoms. The minimum Gasteiger partial charge on any atom is -0.488 e. The van der Waals surface area contributed by atoms with Crippen molar-refractivity contribution in [3.05, 3.63) is 30.1 Å². The summed E-state index contributed by atoms with van der Waals surface area (Å²) in [6, 6.07) is 5.89. The standard InChI is InChI=1S/C17H24FNO4/c1-16(2,3)23-15(20)19-10-6-9-17(19,21-4)12-22-14-8-5-7-13(18)11-14/h5,7-8,11H,6,9-10,12H2,1-4H3/t17-/m0/s1. The first-order chi connectivity index (χ1) is 10.8. The third kappa shape index (κ3) is 4.34. The molecule has 23 heavy (non-hydrogen) atoms. The molecule has 0 saturated carbocycles. The number of hydrogen-bond donors (Lipinski definition) is 0. The highest BCUT2D eigenvalue weighted by Gasteiger charge is 2.46. The van der Waals surface area contributed by atoms with Gasteiger partial charge < -0.3 is 14.2 Å². The van der Waals surface area contributed by atoms with Gasteiger partial charge in [-0.1, -0.05) is 6.07 Å². The van der Waals surface area contributed by atoms with Crippen LogP contribution in [0, 0.1) is 5.82 Å². The van der Waals surface area contributed by atoms with Crippen LogP contribution in [0.4, 0.5) is 9.18 Å². The number of nitrogens with zero attached hydrogens (tertiary/aromatic N) is 1. The average molecular weight is 325 g/mol. The highest BCUT2D eigenvalue weighted by molar-refractivity contribution is 5.69. The predicted octanol–water partition coefficient (Wildman–Crippen LogP) is 3.58. The molecule has 0 aliphatic carbocycles. The molecule has 1 amide bonds. The minimum absolute atomic E-state index is 0.117. The Kier molecular flexibility index (Phi) is 5.14. The molecule has 0 N–H and O–H groups in total. The van der Waals surface area contributed by atoms with E-state index in [9.17, 15) is 9.18 Å². The van der Waals surface area contributed by atoms with E-state index < -0.39 is 17.4 Å². The quantitative estimate of drug-likeness (QED) is 0.849. The molecule has 1 aromatic rings. The molecule has 0 bridgehead atoms. The van der Waals surface area contributed by atoms with Crippen LogP contribution in [0.25, 0.3) is 0 Å². The van der Waals surface area contributed by atoms with Crippen LogP contribution in [0.15, 0.2) is 24.3 Å². The fourth-order valence-electron chi connectivity index (χ4n) is 2.60. The van der Waals surface area contributed by atoms with Crippen molar-refractivity contribution in [1.29, 1.82) is 0 Å². The van der Waals surface area contributed by atoms with Crippen LogP contribution >= 0.6 is 0 Å². The van der Waals surface area contributed by atoms with Crippen molar-refractivity contribution in [2.75, 3.05) is 20.3 Å². The van der Waals surface area contributed by atoms with Crippen LogP contribution < -0.4 is 4.74 Å². The van der Waals surface area contributed by atoms with Gasteiger partial charge in [0.25, 0.3) is 0 Å². The molecule has 0 spiro atoms. The summed E-state index contributed by atoms with van der Waals surface area (Å²) < 4.78 is 29.9. The Morgan fingerprint density at radius 3 is 2.74 bits per heavy atom. The molecule has 0 aromatic heterocycles. The second-order valence-electron chi connectivity index (χ2n) is 6.63. The first kappa shape index (κ1) is 17.5. The van der Waals surface area contributed by atoms with Crippen LogP contribution in [0.1, 0.15) is 33.6 Å². The van der Waals surface area contributed by atoms with Crippen molar-refractivity contribution in [2.45, 2.75) is 44.9 Å². The molecule has 1 aliphatic rings. The zero-order valence-electron chi connectivity index (χ0n) is 14.1. The highest BCUT2D eigenvalue weighted by Crippen LogP contribution is 2.32. The summed E-state index contributed by atoms with van der Waals surface area (Å²) in [5.41, 5.74) is -1.47. The third-order valence-corrected chi connectivity index (χ3v) is 3.70. The molecule has 2 rings (SSSR count). The maximum Gasteiger partial charge on any atom is 0.412 e. The summed E-state index contributed by atoms with van der Waals surface area (Å²) in [6.45, 7) is 6.11. The molecule has 1 atom stereocenters. The number of rotatable bonds is 4. The molecule has 1 fully saturated rings. The highest BCUT2D eigenvalue weighted by atomic mass is 19.1. The van der Waals surface area contributed by atoms with Gasteiger partial charge >= 0.3 is 6.09 Å². The van der Waals surface area contributed by atoms with Gasteiger partial charge in [0.05, 0.1) is 0 Å². The number of halogens is 1.